The van der Waals surface area contributed by atoms with Gasteiger partial charge >= 0.3 is 5.97 Å². The average molecular weight is 401 g/mol. The van der Waals surface area contributed by atoms with Crippen molar-refractivity contribution in [3.05, 3.63) is 0 Å². The quantitative estimate of drug-likeness (QED) is 0.502. The summed E-state index contributed by atoms with van der Waals surface area (Å²) >= 11 is 0. The van der Waals surface area contributed by atoms with Gasteiger partial charge in [-0.1, -0.05) is 6.42 Å². The molecule has 0 saturated carbocycles. The summed E-state index contributed by atoms with van der Waals surface area (Å²) in [5, 5.41) is 2.88. The lowest BCUT2D eigenvalue weighted by Gasteiger charge is -2.36. The van der Waals surface area contributed by atoms with Gasteiger partial charge in [-0.3, -0.25) is 9.59 Å². The van der Waals surface area contributed by atoms with E-state index < -0.39 is 42.3 Å². The lowest BCUT2D eigenvalue weighted by molar-refractivity contribution is -0.231. The number of unbranched alkanes of at least 4 members (excludes halogenated alkanes) is 2. The minimum absolute atomic E-state index is 0.219. The summed E-state index contributed by atoms with van der Waals surface area (Å²) < 4.78 is 34.2. The second-order valence-electron chi connectivity index (χ2n) is 8.27. The van der Waals surface area contributed by atoms with E-state index in [1.165, 1.54) is 7.11 Å². The van der Waals surface area contributed by atoms with Gasteiger partial charge < -0.3 is 33.7 Å². The monoisotopic (exact) mass is 401 g/mol. The molecule has 5 unspecified atom stereocenters. The van der Waals surface area contributed by atoms with Gasteiger partial charge in [0.25, 0.3) is 5.91 Å². The van der Waals surface area contributed by atoms with Crippen molar-refractivity contribution in [2.75, 3.05) is 13.7 Å². The summed E-state index contributed by atoms with van der Waals surface area (Å²) in [4.78, 5) is 23.8. The van der Waals surface area contributed by atoms with Crippen molar-refractivity contribution >= 4 is 11.9 Å². The van der Waals surface area contributed by atoms with Crippen molar-refractivity contribution in [2.45, 2.75) is 95.7 Å². The van der Waals surface area contributed by atoms with Gasteiger partial charge in [0.2, 0.25) is 0 Å². The van der Waals surface area contributed by atoms with Crippen LogP contribution < -0.4 is 5.32 Å². The van der Waals surface area contributed by atoms with E-state index >= 15 is 0 Å². The maximum absolute atomic E-state index is 12.7. The van der Waals surface area contributed by atoms with Crippen LogP contribution in [0.15, 0.2) is 0 Å². The number of fused-ring (bicyclic) bond motifs is 3. The van der Waals surface area contributed by atoms with Crippen LogP contribution in [0.25, 0.3) is 0 Å². The molecule has 3 aliphatic heterocycles. The normalized spacial score (nSPS) is 35.1. The zero-order chi connectivity index (χ0) is 20.5. The van der Waals surface area contributed by atoms with Crippen LogP contribution in [0.2, 0.25) is 0 Å². The number of methoxy groups -OCH3 is 1. The van der Waals surface area contributed by atoms with Crippen molar-refractivity contribution in [2.24, 2.45) is 0 Å². The highest BCUT2D eigenvalue weighted by molar-refractivity contribution is 5.81. The molecule has 0 spiro atoms. The van der Waals surface area contributed by atoms with Crippen molar-refractivity contribution in [1.29, 1.82) is 0 Å². The highest BCUT2D eigenvalue weighted by atomic mass is 16.9. The van der Waals surface area contributed by atoms with E-state index in [2.05, 4.69) is 10.1 Å². The summed E-state index contributed by atoms with van der Waals surface area (Å²) in [5.41, 5.74) is 0. The molecule has 3 rings (SSSR count). The predicted molar refractivity (Wildman–Crippen MR) is 96.0 cm³/mol. The first-order valence-corrected chi connectivity index (χ1v) is 9.83. The average Bonchev–Trinajstić information content (AvgIpc) is 3.10. The Hall–Kier alpha value is -1.26. The topological polar surface area (TPSA) is 102 Å². The first-order valence-electron chi connectivity index (χ1n) is 9.83. The largest absolute Gasteiger partial charge is 0.469 e. The van der Waals surface area contributed by atoms with Crippen molar-refractivity contribution in [1.82, 2.24) is 5.32 Å². The van der Waals surface area contributed by atoms with E-state index in [1.54, 1.807) is 27.7 Å². The molecule has 1 N–H and O–H groups in total. The van der Waals surface area contributed by atoms with Crippen LogP contribution in [-0.2, 0) is 38.0 Å². The van der Waals surface area contributed by atoms with Crippen molar-refractivity contribution < 1.29 is 38.0 Å². The van der Waals surface area contributed by atoms with Gasteiger partial charge in [0, 0.05) is 13.0 Å². The minimum atomic E-state index is -0.847. The zero-order valence-electron chi connectivity index (χ0n) is 17.2. The second-order valence-corrected chi connectivity index (χ2v) is 8.27. The number of carbonyl (C=O) groups excluding carboxylic acids is 2. The minimum Gasteiger partial charge on any atom is -0.469 e. The van der Waals surface area contributed by atoms with Gasteiger partial charge in [-0.2, -0.15) is 0 Å². The first kappa shape index (κ1) is 21.4. The Bertz CT molecular complexity index is 592. The molecule has 28 heavy (non-hydrogen) atoms. The fraction of sp³-hybridized carbons (Fsp3) is 0.895. The lowest BCUT2D eigenvalue weighted by Crippen LogP contribution is -2.59. The fourth-order valence-corrected chi connectivity index (χ4v) is 3.81. The predicted octanol–water partition coefficient (Wildman–Crippen LogP) is 1.23. The van der Waals surface area contributed by atoms with E-state index in [4.69, 9.17) is 23.7 Å². The number of nitrogens with one attached hydrogen (secondary N) is 1. The summed E-state index contributed by atoms with van der Waals surface area (Å²) in [6, 6.07) is 0. The van der Waals surface area contributed by atoms with Crippen molar-refractivity contribution in [3.63, 3.8) is 0 Å². The Morgan fingerprint density at radius 1 is 0.893 bits per heavy atom. The molecule has 0 aromatic heterocycles. The molecule has 0 aromatic carbocycles. The Labute approximate surface area is 165 Å². The Kier molecular flexibility index (Phi) is 6.31. The van der Waals surface area contributed by atoms with Gasteiger partial charge in [-0.15, -0.1) is 0 Å². The highest BCUT2D eigenvalue weighted by Crippen LogP contribution is 2.44. The number of rotatable bonds is 7. The van der Waals surface area contributed by atoms with Crippen LogP contribution in [0.3, 0.4) is 0 Å². The van der Waals surface area contributed by atoms with Crippen LogP contribution in [0.1, 0.15) is 53.4 Å². The standard InChI is InChI=1S/C19H31NO8/c1-18(2)25-12-13(26-18)15-17(28-19(3,4)27-15)24-14(12)16(22)20-10-8-6-7-9-11(21)23-5/h12-15,17H,6-10H2,1-5H3,(H,20,22). The molecule has 3 saturated heterocycles. The third-order valence-corrected chi connectivity index (χ3v) is 5.00. The Balaban J connectivity index is 1.54. The summed E-state index contributed by atoms with van der Waals surface area (Å²) in [7, 11) is 1.38. The maximum atomic E-state index is 12.7. The molecule has 9 heteroatoms. The summed E-state index contributed by atoms with van der Waals surface area (Å²) in [5.74, 6) is -2.14. The van der Waals surface area contributed by atoms with Crippen LogP contribution in [0.4, 0.5) is 0 Å². The number of hydrogen-bond donors (Lipinski definition) is 1. The summed E-state index contributed by atoms with van der Waals surface area (Å²) in [6.07, 6.45) is -0.340. The van der Waals surface area contributed by atoms with E-state index in [1.807, 2.05) is 0 Å². The molecule has 0 aromatic rings. The van der Waals surface area contributed by atoms with Gasteiger partial charge in [-0.05, 0) is 40.5 Å². The molecule has 9 nitrogen and oxygen atoms in total. The van der Waals surface area contributed by atoms with Gasteiger partial charge in [0.15, 0.2) is 24.0 Å². The van der Waals surface area contributed by atoms with Gasteiger partial charge in [0.1, 0.15) is 18.3 Å². The number of esters is 1. The second kappa shape index (κ2) is 8.23. The molecule has 0 bridgehead atoms. The number of carbonyl (C=O) groups is 2. The van der Waals surface area contributed by atoms with Crippen LogP contribution in [-0.4, -0.2) is 67.8 Å². The molecule has 1 amide bonds. The molecule has 3 aliphatic rings. The van der Waals surface area contributed by atoms with E-state index in [9.17, 15) is 9.59 Å². The molecule has 3 heterocycles. The number of ether oxygens (including phenoxy) is 6. The van der Waals surface area contributed by atoms with E-state index in [0.29, 0.717) is 13.0 Å². The number of amides is 1. The summed E-state index contributed by atoms with van der Waals surface area (Å²) in [6.45, 7) is 7.69. The lowest BCUT2D eigenvalue weighted by atomic mass is 9.98. The molecule has 0 aliphatic carbocycles. The molecule has 0 radical (unpaired) electrons. The number of hydrogen-bond acceptors (Lipinski definition) is 8. The zero-order valence-corrected chi connectivity index (χ0v) is 17.2. The van der Waals surface area contributed by atoms with Crippen molar-refractivity contribution in [3.8, 4) is 0 Å². The fourth-order valence-electron chi connectivity index (χ4n) is 3.81. The Morgan fingerprint density at radius 3 is 2.25 bits per heavy atom. The van der Waals surface area contributed by atoms with E-state index in [-0.39, 0.29) is 11.9 Å². The molecule has 5 atom stereocenters. The molecule has 3 fully saturated rings. The Morgan fingerprint density at radius 2 is 1.54 bits per heavy atom. The molecular weight excluding hydrogens is 370 g/mol. The van der Waals surface area contributed by atoms with Gasteiger partial charge in [0.05, 0.1) is 7.11 Å². The third-order valence-electron chi connectivity index (χ3n) is 5.00. The highest BCUT2D eigenvalue weighted by Gasteiger charge is 2.62. The molecule has 160 valence electrons. The third kappa shape index (κ3) is 4.83. The van der Waals surface area contributed by atoms with Crippen LogP contribution >= 0.6 is 0 Å². The van der Waals surface area contributed by atoms with Crippen LogP contribution in [0, 0.1) is 0 Å². The first-order chi connectivity index (χ1) is 13.1. The van der Waals surface area contributed by atoms with E-state index in [0.717, 1.165) is 19.3 Å². The SMILES string of the molecule is COC(=O)CCCCCNC(=O)C1OC2OC(C)(C)OC2C2OC(C)(C)OC12. The van der Waals surface area contributed by atoms with Gasteiger partial charge in [-0.25, -0.2) is 0 Å². The van der Waals surface area contributed by atoms with Crippen LogP contribution in [0.5, 0.6) is 0 Å². The maximum Gasteiger partial charge on any atom is 0.305 e. The molecular formula is C19H31NO8. The smallest absolute Gasteiger partial charge is 0.305 e.